The van der Waals surface area contributed by atoms with Crippen LogP contribution in [-0.2, 0) is 0 Å². The van der Waals surface area contributed by atoms with Gasteiger partial charge >= 0.3 is 0 Å². The zero-order chi connectivity index (χ0) is 16.2. The van der Waals surface area contributed by atoms with Gasteiger partial charge in [0.1, 0.15) is 5.37 Å². The molecule has 7 heteroatoms. The predicted molar refractivity (Wildman–Crippen MR) is 95.3 cm³/mol. The quantitative estimate of drug-likeness (QED) is 0.417. The van der Waals surface area contributed by atoms with Crippen molar-refractivity contribution in [2.75, 3.05) is 0 Å². The van der Waals surface area contributed by atoms with Crippen molar-refractivity contribution in [3.8, 4) is 0 Å². The molecule has 0 aliphatic rings. The molecule has 2 nitrogen and oxygen atoms in total. The van der Waals surface area contributed by atoms with Gasteiger partial charge in [-0.15, -0.1) is 0 Å². The maximum Gasteiger partial charge on any atom is 0.252 e. The summed E-state index contributed by atoms with van der Waals surface area (Å²) in [7, 11) is 0. The first-order valence-corrected chi connectivity index (χ1v) is 8.60. The van der Waals surface area contributed by atoms with Crippen LogP contribution in [0, 0.1) is 0 Å². The monoisotopic (exact) mass is 393 g/mol. The first-order chi connectivity index (χ1) is 10.4. The van der Waals surface area contributed by atoms with Crippen molar-refractivity contribution in [1.29, 1.82) is 0 Å². The molecule has 0 aliphatic carbocycles. The molecule has 0 saturated carbocycles. The van der Waals surface area contributed by atoms with Crippen LogP contribution in [0.4, 0.5) is 0 Å². The Balaban J connectivity index is 2.13. The molecule has 0 unspecified atom stereocenters. The Morgan fingerprint density at radius 2 is 1.59 bits per heavy atom. The van der Waals surface area contributed by atoms with Crippen molar-refractivity contribution in [3.63, 3.8) is 0 Å². The molecule has 1 atom stereocenters. The molecule has 1 N–H and O–H groups in total. The van der Waals surface area contributed by atoms with E-state index in [4.69, 9.17) is 46.4 Å². The number of rotatable bonds is 4. The summed E-state index contributed by atoms with van der Waals surface area (Å²) in [4.78, 5) is 13.1. The Kier molecular flexibility index (Phi) is 6.30. The highest BCUT2D eigenvalue weighted by Gasteiger charge is 2.35. The third-order valence-corrected chi connectivity index (χ3v) is 5.21. The van der Waals surface area contributed by atoms with E-state index in [0.717, 1.165) is 4.90 Å². The van der Waals surface area contributed by atoms with Crippen molar-refractivity contribution < 1.29 is 4.79 Å². The molecule has 116 valence electrons. The van der Waals surface area contributed by atoms with Gasteiger partial charge in [-0.05, 0) is 36.4 Å². The smallest absolute Gasteiger partial charge is 0.252 e. The Morgan fingerprint density at radius 3 is 2.14 bits per heavy atom. The van der Waals surface area contributed by atoms with Crippen LogP contribution < -0.4 is 5.32 Å². The fourth-order valence-corrected chi connectivity index (χ4v) is 3.19. The third kappa shape index (κ3) is 5.25. The predicted octanol–water partition coefficient (Wildman–Crippen LogP) is 5.56. The zero-order valence-corrected chi connectivity index (χ0v) is 14.9. The van der Waals surface area contributed by atoms with Gasteiger partial charge in [0.15, 0.2) is 0 Å². The number of nitrogens with one attached hydrogen (secondary N) is 1. The van der Waals surface area contributed by atoms with Gasteiger partial charge in [-0.1, -0.05) is 76.4 Å². The van der Waals surface area contributed by atoms with Crippen LogP contribution in [0.2, 0.25) is 5.02 Å². The van der Waals surface area contributed by atoms with E-state index in [2.05, 4.69) is 5.32 Å². The lowest BCUT2D eigenvalue weighted by molar-refractivity contribution is 0.0950. The van der Waals surface area contributed by atoms with E-state index in [9.17, 15) is 4.79 Å². The molecule has 0 bridgehead atoms. The van der Waals surface area contributed by atoms with Crippen molar-refractivity contribution in [3.05, 3.63) is 65.2 Å². The first kappa shape index (κ1) is 17.8. The molecule has 0 heterocycles. The summed E-state index contributed by atoms with van der Waals surface area (Å²) in [5.41, 5.74) is 0.442. The summed E-state index contributed by atoms with van der Waals surface area (Å²) in [6.45, 7) is 0. The van der Waals surface area contributed by atoms with Gasteiger partial charge in [0.2, 0.25) is 3.79 Å². The maximum atomic E-state index is 12.3. The van der Waals surface area contributed by atoms with Gasteiger partial charge < -0.3 is 5.32 Å². The standard InChI is InChI=1S/C15H11Cl4NOS/c16-11-8-6-10(7-9-11)13(21)20-14(15(17,18)19)22-12-4-2-1-3-5-12/h1-9,14H,(H,20,21)/t14-/m1/s1. The number of amides is 1. The largest absolute Gasteiger partial charge is 0.336 e. The molecule has 22 heavy (non-hydrogen) atoms. The molecule has 2 rings (SSSR count). The minimum absolute atomic E-state index is 0.337. The number of carbonyl (C=O) groups excluding carboxylic acids is 1. The number of carbonyl (C=O) groups is 1. The van der Waals surface area contributed by atoms with Crippen LogP contribution in [0.1, 0.15) is 10.4 Å². The van der Waals surface area contributed by atoms with E-state index < -0.39 is 9.17 Å². The lowest BCUT2D eigenvalue weighted by atomic mass is 10.2. The average molecular weight is 395 g/mol. The first-order valence-electron chi connectivity index (χ1n) is 6.21. The summed E-state index contributed by atoms with van der Waals surface area (Å²) >= 11 is 25.0. The summed E-state index contributed by atoms with van der Waals surface area (Å²) in [5.74, 6) is -0.337. The Morgan fingerprint density at radius 1 is 1.00 bits per heavy atom. The van der Waals surface area contributed by atoms with Gasteiger partial charge in [-0.2, -0.15) is 0 Å². The zero-order valence-electron chi connectivity index (χ0n) is 11.1. The van der Waals surface area contributed by atoms with Gasteiger partial charge in [-0.25, -0.2) is 0 Å². The number of hydrogen-bond donors (Lipinski definition) is 1. The highest BCUT2D eigenvalue weighted by molar-refractivity contribution is 8.00. The molecular weight excluding hydrogens is 384 g/mol. The third-order valence-electron chi connectivity index (χ3n) is 2.66. The highest BCUT2D eigenvalue weighted by atomic mass is 35.6. The minimum Gasteiger partial charge on any atom is -0.336 e. The molecule has 0 aromatic heterocycles. The van der Waals surface area contributed by atoms with E-state index in [-0.39, 0.29) is 5.91 Å². The number of thioether (sulfide) groups is 1. The second kappa shape index (κ2) is 7.80. The van der Waals surface area contributed by atoms with E-state index in [1.165, 1.54) is 11.8 Å². The van der Waals surface area contributed by atoms with Crippen LogP contribution in [0.3, 0.4) is 0 Å². The topological polar surface area (TPSA) is 29.1 Å². The van der Waals surface area contributed by atoms with E-state index >= 15 is 0 Å². The average Bonchev–Trinajstić information content (AvgIpc) is 2.47. The van der Waals surface area contributed by atoms with E-state index in [1.807, 2.05) is 30.3 Å². The number of benzene rings is 2. The molecule has 0 spiro atoms. The Bertz CT molecular complexity index is 628. The van der Waals surface area contributed by atoms with Gasteiger partial charge in [0.25, 0.3) is 5.91 Å². The molecule has 0 saturated heterocycles. The van der Waals surface area contributed by atoms with Crippen LogP contribution in [-0.4, -0.2) is 15.1 Å². The molecule has 0 fully saturated rings. The molecule has 2 aromatic carbocycles. The van der Waals surface area contributed by atoms with Gasteiger partial charge in [0, 0.05) is 15.5 Å². The second-order valence-electron chi connectivity index (χ2n) is 4.33. The molecule has 2 aromatic rings. The van der Waals surface area contributed by atoms with Crippen LogP contribution in [0.25, 0.3) is 0 Å². The highest BCUT2D eigenvalue weighted by Crippen LogP contribution is 2.39. The molecule has 0 radical (unpaired) electrons. The minimum atomic E-state index is -1.65. The normalized spacial score (nSPS) is 12.7. The second-order valence-corrected chi connectivity index (χ2v) is 8.32. The molecule has 0 aliphatic heterocycles. The number of hydrogen-bond acceptors (Lipinski definition) is 2. The van der Waals surface area contributed by atoms with Crippen molar-refractivity contribution in [2.45, 2.75) is 14.1 Å². The van der Waals surface area contributed by atoms with Crippen LogP contribution in [0.15, 0.2) is 59.5 Å². The van der Waals surface area contributed by atoms with Crippen molar-refractivity contribution in [1.82, 2.24) is 5.32 Å². The summed E-state index contributed by atoms with van der Waals surface area (Å²) in [6.07, 6.45) is 0. The SMILES string of the molecule is O=C(N[C@H](Sc1ccccc1)C(Cl)(Cl)Cl)c1ccc(Cl)cc1. The summed E-state index contributed by atoms with van der Waals surface area (Å²) in [6, 6.07) is 15.9. The Labute approximate surface area is 153 Å². The van der Waals surface area contributed by atoms with Gasteiger partial charge in [0.05, 0.1) is 0 Å². The maximum absolute atomic E-state index is 12.3. The van der Waals surface area contributed by atoms with E-state index in [1.54, 1.807) is 24.3 Å². The number of alkyl halides is 3. The lowest BCUT2D eigenvalue weighted by Gasteiger charge is -2.25. The van der Waals surface area contributed by atoms with E-state index in [0.29, 0.717) is 10.6 Å². The fraction of sp³-hybridized carbons (Fsp3) is 0.133. The summed E-state index contributed by atoms with van der Waals surface area (Å²) in [5, 5.41) is 2.54. The van der Waals surface area contributed by atoms with Crippen LogP contribution in [0.5, 0.6) is 0 Å². The molecular formula is C15H11Cl4NOS. The van der Waals surface area contributed by atoms with Crippen molar-refractivity contribution in [2.24, 2.45) is 0 Å². The van der Waals surface area contributed by atoms with Crippen molar-refractivity contribution >= 4 is 64.1 Å². The summed E-state index contributed by atoms with van der Waals surface area (Å²) < 4.78 is -1.65. The van der Waals surface area contributed by atoms with Crippen LogP contribution >= 0.6 is 58.2 Å². The molecule has 1 amide bonds. The van der Waals surface area contributed by atoms with Gasteiger partial charge in [-0.3, -0.25) is 4.79 Å². The number of halogens is 4. The fourth-order valence-electron chi connectivity index (χ4n) is 1.62. The Hall–Kier alpha value is -0.580. The lowest BCUT2D eigenvalue weighted by Crippen LogP contribution is -2.41.